The van der Waals surface area contributed by atoms with Crippen LogP contribution in [-0.4, -0.2) is 15.7 Å². The van der Waals surface area contributed by atoms with Crippen LogP contribution in [0.15, 0.2) is 40.9 Å². The van der Waals surface area contributed by atoms with Gasteiger partial charge >= 0.3 is 12.4 Å². The lowest BCUT2D eigenvalue weighted by molar-refractivity contribution is -0.143. The Morgan fingerprint density at radius 2 is 1.68 bits per heavy atom. The maximum Gasteiger partial charge on any atom is 0.435 e. The topological polar surface area (TPSA) is 99.0 Å². The van der Waals surface area contributed by atoms with E-state index in [2.05, 4.69) is 10.4 Å². The van der Waals surface area contributed by atoms with Crippen LogP contribution in [0.2, 0.25) is 0 Å². The third-order valence-corrected chi connectivity index (χ3v) is 4.09. The molecule has 28 heavy (non-hydrogen) atoms. The van der Waals surface area contributed by atoms with E-state index in [1.165, 1.54) is 19.1 Å². The zero-order chi connectivity index (χ0) is 21.3. The van der Waals surface area contributed by atoms with E-state index in [0.29, 0.717) is 11.9 Å². The van der Waals surface area contributed by atoms with Crippen molar-refractivity contribution < 1.29 is 31.1 Å². The molecule has 1 amide bonds. The number of hydrogen-bond donors (Lipinski definition) is 3. The molecule has 0 aliphatic heterocycles. The number of nitrogens with two attached hydrogens (primary N) is 2. The molecule has 0 aliphatic carbocycles. The first-order valence-corrected chi connectivity index (χ1v) is 8.22. The van der Waals surface area contributed by atoms with Crippen LogP contribution >= 0.6 is 11.9 Å². The number of carbonyl (C=O) groups is 1. The number of alkyl halides is 6. The summed E-state index contributed by atoms with van der Waals surface area (Å²) in [7, 11) is 0. The van der Waals surface area contributed by atoms with E-state index in [1.54, 1.807) is 0 Å². The quantitative estimate of drug-likeness (QED) is 0.395. The van der Waals surface area contributed by atoms with Crippen LogP contribution < -0.4 is 16.2 Å². The molecule has 0 radical (unpaired) electrons. The SMILES string of the molecule is C/C(N)=C(/SN)C(=O)Nc1ccc(-n2nc(C(F)(F)F)cc2C(F)(F)F)cc1. The summed E-state index contributed by atoms with van der Waals surface area (Å²) in [5, 5.41) is 10.8. The Kier molecular flexibility index (Phi) is 5.99. The van der Waals surface area contributed by atoms with Crippen LogP contribution in [-0.2, 0) is 17.1 Å². The predicted molar refractivity (Wildman–Crippen MR) is 90.9 cm³/mol. The number of halogens is 6. The zero-order valence-electron chi connectivity index (χ0n) is 14.0. The molecule has 1 aromatic heterocycles. The normalized spacial score (nSPS) is 13.3. The summed E-state index contributed by atoms with van der Waals surface area (Å²) in [4.78, 5) is 12.0. The number of aromatic nitrogens is 2. The highest BCUT2D eigenvalue weighted by Gasteiger charge is 2.42. The summed E-state index contributed by atoms with van der Waals surface area (Å²) in [6.45, 7) is 1.45. The first kappa shape index (κ1) is 21.6. The Morgan fingerprint density at radius 1 is 1.11 bits per heavy atom. The summed E-state index contributed by atoms with van der Waals surface area (Å²) in [5.74, 6) is -0.644. The summed E-state index contributed by atoms with van der Waals surface area (Å²) < 4.78 is 77.6. The van der Waals surface area contributed by atoms with Gasteiger partial charge in [0.1, 0.15) is 10.6 Å². The van der Waals surface area contributed by atoms with Gasteiger partial charge in [0.2, 0.25) is 0 Å². The number of hydrogen-bond acceptors (Lipinski definition) is 5. The van der Waals surface area contributed by atoms with E-state index in [4.69, 9.17) is 10.9 Å². The monoisotopic (exact) mass is 425 g/mol. The van der Waals surface area contributed by atoms with Crippen LogP contribution in [0.4, 0.5) is 32.0 Å². The number of nitrogens with zero attached hydrogens (tertiary/aromatic N) is 2. The minimum absolute atomic E-state index is 0.0327. The smallest absolute Gasteiger partial charge is 0.401 e. The second kappa shape index (κ2) is 7.75. The van der Waals surface area contributed by atoms with E-state index < -0.39 is 29.6 Å². The van der Waals surface area contributed by atoms with Gasteiger partial charge in [0.25, 0.3) is 5.91 Å². The molecule has 5 N–H and O–H groups in total. The highest BCUT2D eigenvalue weighted by molar-refractivity contribution is 8.01. The molecule has 0 fully saturated rings. The fourth-order valence-corrected chi connectivity index (χ4v) is 2.46. The zero-order valence-corrected chi connectivity index (χ0v) is 14.8. The van der Waals surface area contributed by atoms with Crippen LogP contribution in [0, 0.1) is 0 Å². The van der Waals surface area contributed by atoms with Crippen molar-refractivity contribution in [1.29, 1.82) is 0 Å². The van der Waals surface area contributed by atoms with E-state index in [0.717, 1.165) is 12.1 Å². The molecule has 0 saturated heterocycles. The van der Waals surface area contributed by atoms with Crippen LogP contribution in [0.5, 0.6) is 0 Å². The van der Waals surface area contributed by atoms with Gasteiger partial charge in [0, 0.05) is 17.5 Å². The van der Waals surface area contributed by atoms with E-state index in [-0.39, 0.29) is 32.7 Å². The van der Waals surface area contributed by atoms with Crippen molar-refractivity contribution in [1.82, 2.24) is 9.78 Å². The van der Waals surface area contributed by atoms with Gasteiger partial charge in [-0.05, 0) is 43.1 Å². The van der Waals surface area contributed by atoms with Gasteiger partial charge < -0.3 is 11.1 Å². The summed E-state index contributed by atoms with van der Waals surface area (Å²) >= 11 is 0.612. The summed E-state index contributed by atoms with van der Waals surface area (Å²) in [6, 6.07) is 4.48. The number of carbonyl (C=O) groups excluding carboxylic acids is 1. The standard InChI is InChI=1S/C15H13F6N5OS/c1-7(22)12(28-23)13(27)24-8-2-4-9(5-3-8)26-11(15(19,20)21)6-10(25-26)14(16,17)18/h2-6H,22-23H2,1H3,(H,24,27)/b12-7-. The highest BCUT2D eigenvalue weighted by Crippen LogP contribution is 2.36. The van der Waals surface area contributed by atoms with Gasteiger partial charge in [-0.3, -0.25) is 9.93 Å². The molecule has 6 nitrogen and oxygen atoms in total. The molecule has 0 unspecified atom stereocenters. The van der Waals surface area contributed by atoms with E-state index >= 15 is 0 Å². The van der Waals surface area contributed by atoms with Gasteiger partial charge in [-0.25, -0.2) is 4.68 Å². The van der Waals surface area contributed by atoms with Crippen LogP contribution in [0.3, 0.4) is 0 Å². The Balaban J connectivity index is 2.37. The fourth-order valence-electron chi connectivity index (χ4n) is 2.12. The lowest BCUT2D eigenvalue weighted by Crippen LogP contribution is -2.17. The van der Waals surface area contributed by atoms with Gasteiger partial charge in [0.05, 0.1) is 5.69 Å². The van der Waals surface area contributed by atoms with Crippen molar-refractivity contribution in [3.8, 4) is 5.69 Å². The number of nitrogens with one attached hydrogen (secondary N) is 1. The Hall–Kier alpha value is -2.67. The van der Waals surface area contributed by atoms with E-state index in [9.17, 15) is 31.1 Å². The Morgan fingerprint density at radius 3 is 2.11 bits per heavy atom. The maximum absolute atomic E-state index is 13.1. The van der Waals surface area contributed by atoms with Gasteiger partial charge in [-0.2, -0.15) is 31.4 Å². The van der Waals surface area contributed by atoms with Crippen molar-refractivity contribution in [3.63, 3.8) is 0 Å². The maximum atomic E-state index is 13.1. The fraction of sp³-hybridized carbons (Fsp3) is 0.200. The molecule has 2 aromatic rings. The molecule has 0 spiro atoms. The number of allylic oxidation sites excluding steroid dienone is 1. The van der Waals surface area contributed by atoms with Crippen molar-refractivity contribution in [2.24, 2.45) is 10.9 Å². The average molecular weight is 425 g/mol. The largest absolute Gasteiger partial charge is 0.435 e. The van der Waals surface area contributed by atoms with Crippen molar-refractivity contribution in [2.75, 3.05) is 5.32 Å². The molecule has 2 rings (SSSR count). The molecular weight excluding hydrogens is 412 g/mol. The summed E-state index contributed by atoms with van der Waals surface area (Å²) in [6.07, 6.45) is -10.1. The number of amides is 1. The second-order valence-electron chi connectivity index (χ2n) is 5.45. The van der Waals surface area contributed by atoms with Crippen LogP contribution in [0.1, 0.15) is 18.3 Å². The minimum atomic E-state index is -5.06. The average Bonchev–Trinajstić information content (AvgIpc) is 3.01. The van der Waals surface area contributed by atoms with Gasteiger partial charge in [-0.15, -0.1) is 0 Å². The van der Waals surface area contributed by atoms with Gasteiger partial charge in [0.15, 0.2) is 5.69 Å². The lowest BCUT2D eigenvalue weighted by Gasteiger charge is -2.12. The molecule has 0 saturated carbocycles. The number of rotatable bonds is 4. The molecular formula is C15H13F6N5OS. The third-order valence-electron chi connectivity index (χ3n) is 3.34. The van der Waals surface area contributed by atoms with Crippen molar-refractivity contribution in [2.45, 2.75) is 19.3 Å². The Bertz CT molecular complexity index is 897. The van der Waals surface area contributed by atoms with Crippen molar-refractivity contribution >= 4 is 23.5 Å². The molecule has 0 aliphatic rings. The molecule has 1 aromatic carbocycles. The highest BCUT2D eigenvalue weighted by atomic mass is 32.2. The Labute approximate surface area is 158 Å². The molecule has 152 valence electrons. The first-order chi connectivity index (χ1) is 12.8. The van der Waals surface area contributed by atoms with Gasteiger partial charge in [-0.1, -0.05) is 0 Å². The molecule has 0 atom stereocenters. The molecule has 1 heterocycles. The summed E-state index contributed by atoms with van der Waals surface area (Å²) in [5.41, 5.74) is 2.29. The molecule has 0 bridgehead atoms. The first-order valence-electron chi connectivity index (χ1n) is 7.34. The second-order valence-corrected chi connectivity index (χ2v) is 6.10. The van der Waals surface area contributed by atoms with Crippen LogP contribution in [0.25, 0.3) is 5.69 Å². The number of benzene rings is 1. The van der Waals surface area contributed by atoms with Crippen molar-refractivity contribution in [3.05, 3.63) is 52.3 Å². The predicted octanol–water partition coefficient (Wildman–Crippen LogP) is 3.65. The minimum Gasteiger partial charge on any atom is -0.401 e. The number of anilines is 1. The third kappa shape index (κ3) is 4.78. The lowest BCUT2D eigenvalue weighted by atomic mass is 10.2. The van der Waals surface area contributed by atoms with E-state index in [1.807, 2.05) is 0 Å². The molecule has 13 heteroatoms.